The Bertz CT molecular complexity index is 109. The molecule has 0 heterocycles. The fourth-order valence-corrected chi connectivity index (χ4v) is 0.449. The summed E-state index contributed by atoms with van der Waals surface area (Å²) in [6.07, 6.45) is 1.66. The van der Waals surface area contributed by atoms with Crippen LogP contribution < -0.4 is 0 Å². The lowest BCUT2D eigenvalue weighted by atomic mass is 10.4. The molecule has 9 heavy (non-hydrogen) atoms. The lowest BCUT2D eigenvalue weighted by Gasteiger charge is -2.16. The molecule has 0 unspecified atom stereocenters. The van der Waals surface area contributed by atoms with Gasteiger partial charge in [-0.1, -0.05) is 13.2 Å². The number of aliphatic hydroxyl groups excluding tert-OH is 1. The normalized spacial score (nSPS) is 8.67. The van der Waals surface area contributed by atoms with Gasteiger partial charge in [-0.3, -0.25) is 0 Å². The van der Waals surface area contributed by atoms with E-state index in [0.717, 1.165) is 5.70 Å². The van der Waals surface area contributed by atoms with Crippen LogP contribution in [-0.4, -0.2) is 30.2 Å². The van der Waals surface area contributed by atoms with Crippen molar-refractivity contribution >= 4 is 0 Å². The Hall–Kier alpha value is -0.760. The quantitative estimate of drug-likeness (QED) is 0.559. The van der Waals surface area contributed by atoms with Gasteiger partial charge >= 0.3 is 0 Å². The van der Waals surface area contributed by atoms with Gasteiger partial charge in [0, 0.05) is 19.3 Å². The highest BCUT2D eigenvalue weighted by atomic mass is 16.3. The van der Waals surface area contributed by atoms with E-state index in [1.54, 1.807) is 6.08 Å². The number of hydrogen-bond donors (Lipinski definition) is 1. The first kappa shape index (κ1) is 8.24. The monoisotopic (exact) mass is 127 g/mol. The zero-order valence-electron chi connectivity index (χ0n) is 5.80. The first-order valence-electron chi connectivity index (χ1n) is 2.85. The van der Waals surface area contributed by atoms with Crippen molar-refractivity contribution in [2.45, 2.75) is 0 Å². The molecule has 0 aromatic heterocycles. The third kappa shape index (κ3) is 2.93. The van der Waals surface area contributed by atoms with Crippen molar-refractivity contribution in [1.82, 2.24) is 4.90 Å². The summed E-state index contributed by atoms with van der Waals surface area (Å²) in [4.78, 5) is 1.84. The van der Waals surface area contributed by atoms with Crippen molar-refractivity contribution < 1.29 is 5.11 Å². The maximum atomic E-state index is 8.46. The van der Waals surface area contributed by atoms with Crippen molar-refractivity contribution in [3.05, 3.63) is 24.9 Å². The molecule has 0 aliphatic rings. The summed E-state index contributed by atoms with van der Waals surface area (Å²) in [5.41, 5.74) is 0.837. The molecule has 2 heteroatoms. The largest absolute Gasteiger partial charge is 0.395 e. The van der Waals surface area contributed by atoms with Crippen molar-refractivity contribution in [2.24, 2.45) is 0 Å². The van der Waals surface area contributed by atoms with Gasteiger partial charge in [0.15, 0.2) is 0 Å². The highest BCUT2D eigenvalue weighted by Gasteiger charge is 1.93. The third-order valence-corrected chi connectivity index (χ3v) is 1.16. The lowest BCUT2D eigenvalue weighted by molar-refractivity contribution is 0.249. The van der Waals surface area contributed by atoms with Gasteiger partial charge in [0.25, 0.3) is 0 Å². The van der Waals surface area contributed by atoms with Gasteiger partial charge in [0.1, 0.15) is 0 Å². The maximum Gasteiger partial charge on any atom is 0.0606 e. The molecule has 0 saturated carbocycles. The Morgan fingerprint density at radius 2 is 2.33 bits per heavy atom. The molecule has 0 aliphatic heterocycles. The second-order valence-electron chi connectivity index (χ2n) is 1.84. The average Bonchev–Trinajstić information content (AvgIpc) is 1.87. The number of likely N-dealkylation sites (N-methyl/N-ethyl adjacent to an activating group) is 1. The van der Waals surface area contributed by atoms with Gasteiger partial charge < -0.3 is 10.0 Å². The Balaban J connectivity index is 3.58. The van der Waals surface area contributed by atoms with Gasteiger partial charge in [-0.05, 0) is 6.08 Å². The molecular weight excluding hydrogens is 114 g/mol. The topological polar surface area (TPSA) is 23.5 Å². The smallest absolute Gasteiger partial charge is 0.0606 e. The summed E-state index contributed by atoms with van der Waals surface area (Å²) < 4.78 is 0. The van der Waals surface area contributed by atoms with Crippen LogP contribution in [0.4, 0.5) is 0 Å². The van der Waals surface area contributed by atoms with Crippen molar-refractivity contribution in [3.63, 3.8) is 0 Å². The van der Waals surface area contributed by atoms with E-state index in [-0.39, 0.29) is 6.61 Å². The van der Waals surface area contributed by atoms with Crippen molar-refractivity contribution in [2.75, 3.05) is 20.2 Å². The SMILES string of the molecule is C=CC(=C)N(C)CCO. The van der Waals surface area contributed by atoms with Crippen LogP contribution in [0.2, 0.25) is 0 Å². The lowest BCUT2D eigenvalue weighted by Crippen LogP contribution is -2.19. The predicted molar refractivity (Wildman–Crippen MR) is 39.1 cm³/mol. The number of nitrogens with zero attached hydrogens (tertiary/aromatic N) is 1. The van der Waals surface area contributed by atoms with Crippen LogP contribution in [0.1, 0.15) is 0 Å². The van der Waals surface area contributed by atoms with Gasteiger partial charge in [0.05, 0.1) is 6.61 Å². The molecule has 0 bridgehead atoms. The van der Waals surface area contributed by atoms with Crippen LogP contribution in [0.3, 0.4) is 0 Å². The second-order valence-corrected chi connectivity index (χ2v) is 1.84. The first-order chi connectivity index (χ1) is 4.22. The van der Waals surface area contributed by atoms with Crippen molar-refractivity contribution in [3.8, 4) is 0 Å². The van der Waals surface area contributed by atoms with Crippen LogP contribution in [-0.2, 0) is 0 Å². The molecule has 52 valence electrons. The Morgan fingerprint density at radius 3 is 2.67 bits per heavy atom. The fourth-order valence-electron chi connectivity index (χ4n) is 0.449. The Labute approximate surface area is 56.1 Å². The summed E-state index contributed by atoms with van der Waals surface area (Å²) >= 11 is 0. The highest BCUT2D eigenvalue weighted by molar-refractivity contribution is 5.08. The van der Waals surface area contributed by atoms with E-state index in [9.17, 15) is 0 Å². The zero-order chi connectivity index (χ0) is 7.28. The molecule has 0 aliphatic carbocycles. The number of aliphatic hydroxyl groups is 1. The van der Waals surface area contributed by atoms with Crippen LogP contribution in [0, 0.1) is 0 Å². The maximum absolute atomic E-state index is 8.46. The molecule has 0 spiro atoms. The molecular formula is C7H13NO. The molecule has 0 aromatic carbocycles. The predicted octanol–water partition coefficient (Wildman–Crippen LogP) is 0.610. The fraction of sp³-hybridized carbons (Fsp3) is 0.429. The summed E-state index contributed by atoms with van der Waals surface area (Å²) in [6.45, 7) is 8.00. The van der Waals surface area contributed by atoms with E-state index in [1.165, 1.54) is 0 Å². The van der Waals surface area contributed by atoms with Crippen LogP contribution in [0.5, 0.6) is 0 Å². The van der Waals surface area contributed by atoms with E-state index in [0.29, 0.717) is 6.54 Å². The molecule has 0 aromatic rings. The van der Waals surface area contributed by atoms with E-state index in [1.807, 2.05) is 11.9 Å². The average molecular weight is 127 g/mol. The van der Waals surface area contributed by atoms with Gasteiger partial charge in [-0.2, -0.15) is 0 Å². The van der Waals surface area contributed by atoms with Gasteiger partial charge in [-0.15, -0.1) is 0 Å². The molecule has 0 atom stereocenters. The third-order valence-electron chi connectivity index (χ3n) is 1.16. The second kappa shape index (κ2) is 4.15. The first-order valence-corrected chi connectivity index (χ1v) is 2.85. The highest BCUT2D eigenvalue weighted by Crippen LogP contribution is 1.95. The molecule has 0 rings (SSSR count). The number of hydrogen-bond acceptors (Lipinski definition) is 2. The van der Waals surface area contributed by atoms with Crippen LogP contribution in [0.25, 0.3) is 0 Å². The zero-order valence-corrected chi connectivity index (χ0v) is 5.80. The minimum absolute atomic E-state index is 0.156. The molecule has 0 saturated heterocycles. The summed E-state index contributed by atoms with van der Waals surface area (Å²) in [5, 5.41) is 8.46. The number of rotatable bonds is 4. The summed E-state index contributed by atoms with van der Waals surface area (Å²) in [5.74, 6) is 0. The van der Waals surface area contributed by atoms with Crippen molar-refractivity contribution in [1.29, 1.82) is 0 Å². The van der Waals surface area contributed by atoms with Gasteiger partial charge in [-0.25, -0.2) is 0 Å². The molecule has 0 amide bonds. The van der Waals surface area contributed by atoms with Gasteiger partial charge in [0.2, 0.25) is 0 Å². The van der Waals surface area contributed by atoms with E-state index in [2.05, 4.69) is 13.2 Å². The van der Waals surface area contributed by atoms with Crippen LogP contribution >= 0.6 is 0 Å². The summed E-state index contributed by atoms with van der Waals surface area (Å²) in [6, 6.07) is 0. The number of allylic oxidation sites excluding steroid dienone is 1. The van der Waals surface area contributed by atoms with Crippen LogP contribution in [0.15, 0.2) is 24.9 Å². The summed E-state index contributed by atoms with van der Waals surface area (Å²) in [7, 11) is 1.86. The Morgan fingerprint density at radius 1 is 1.78 bits per heavy atom. The van der Waals surface area contributed by atoms with E-state index >= 15 is 0 Å². The molecule has 2 nitrogen and oxygen atoms in total. The minimum atomic E-state index is 0.156. The molecule has 0 radical (unpaired) electrons. The molecule has 0 fully saturated rings. The minimum Gasteiger partial charge on any atom is -0.395 e. The van der Waals surface area contributed by atoms with E-state index in [4.69, 9.17) is 5.11 Å². The van der Waals surface area contributed by atoms with E-state index < -0.39 is 0 Å². The molecule has 1 N–H and O–H groups in total. The Kier molecular flexibility index (Phi) is 3.80. The standard InChI is InChI=1S/C7H13NO/c1-4-7(2)8(3)5-6-9/h4,9H,1-2,5-6H2,3H3.